The zero-order valence-corrected chi connectivity index (χ0v) is 10.00. The summed E-state index contributed by atoms with van der Waals surface area (Å²) >= 11 is 11.8. The van der Waals surface area contributed by atoms with E-state index in [0.29, 0.717) is 22.1 Å². The molecule has 6 heteroatoms. The third-order valence-electron chi connectivity index (χ3n) is 2.00. The summed E-state index contributed by atoms with van der Waals surface area (Å²) in [5, 5.41) is 12.4. The highest BCUT2D eigenvalue weighted by Crippen LogP contribution is 2.27. The monoisotopic (exact) mass is 264 g/mol. The normalized spacial score (nSPS) is 9.71. The van der Waals surface area contributed by atoms with E-state index in [2.05, 4.69) is 15.3 Å². The molecular formula is C11H6Cl2N4. The number of rotatable bonds is 2. The van der Waals surface area contributed by atoms with Crippen LogP contribution in [-0.2, 0) is 0 Å². The molecule has 0 unspecified atom stereocenters. The van der Waals surface area contributed by atoms with Crippen molar-refractivity contribution in [2.75, 3.05) is 5.32 Å². The van der Waals surface area contributed by atoms with Gasteiger partial charge in [0.25, 0.3) is 0 Å². The second-order valence-corrected chi connectivity index (χ2v) is 3.89. The van der Waals surface area contributed by atoms with Crippen LogP contribution < -0.4 is 5.32 Å². The Morgan fingerprint density at radius 2 is 1.94 bits per heavy atom. The van der Waals surface area contributed by atoms with Crippen molar-refractivity contribution in [2.24, 2.45) is 0 Å². The summed E-state index contributed by atoms with van der Waals surface area (Å²) in [6.45, 7) is 0. The number of anilines is 2. The Hall–Kier alpha value is -1.83. The minimum Gasteiger partial charge on any atom is -0.336 e. The highest BCUT2D eigenvalue weighted by molar-refractivity contribution is 6.34. The molecule has 0 atom stereocenters. The number of benzene rings is 1. The van der Waals surface area contributed by atoms with E-state index in [1.165, 1.54) is 12.4 Å². The molecule has 0 saturated carbocycles. The average Bonchev–Trinajstić information content (AvgIpc) is 2.35. The van der Waals surface area contributed by atoms with Crippen molar-refractivity contribution in [3.63, 3.8) is 0 Å². The SMILES string of the molecule is N#Cc1ccc(Cl)c(Nc2nccnc2Cl)c1. The van der Waals surface area contributed by atoms with E-state index in [4.69, 9.17) is 28.5 Å². The van der Waals surface area contributed by atoms with E-state index in [0.717, 1.165) is 0 Å². The molecule has 0 spiro atoms. The highest BCUT2D eigenvalue weighted by atomic mass is 35.5. The lowest BCUT2D eigenvalue weighted by Crippen LogP contribution is -1.96. The summed E-state index contributed by atoms with van der Waals surface area (Å²) in [5.41, 5.74) is 1.06. The Balaban J connectivity index is 2.37. The first kappa shape index (κ1) is 11.6. The lowest BCUT2D eigenvalue weighted by molar-refractivity contribution is 1.20. The van der Waals surface area contributed by atoms with E-state index in [1.807, 2.05) is 6.07 Å². The van der Waals surface area contributed by atoms with Gasteiger partial charge in [0.15, 0.2) is 11.0 Å². The number of hydrogen-bond acceptors (Lipinski definition) is 4. The Morgan fingerprint density at radius 1 is 1.18 bits per heavy atom. The van der Waals surface area contributed by atoms with E-state index in [9.17, 15) is 0 Å². The van der Waals surface area contributed by atoms with Crippen LogP contribution in [0.15, 0.2) is 30.6 Å². The maximum Gasteiger partial charge on any atom is 0.171 e. The van der Waals surface area contributed by atoms with Crippen molar-refractivity contribution in [3.8, 4) is 6.07 Å². The van der Waals surface area contributed by atoms with Crippen LogP contribution >= 0.6 is 23.2 Å². The van der Waals surface area contributed by atoms with Gasteiger partial charge in [-0.1, -0.05) is 23.2 Å². The number of nitrogens with one attached hydrogen (secondary N) is 1. The van der Waals surface area contributed by atoms with E-state index in [1.54, 1.807) is 18.2 Å². The number of aromatic nitrogens is 2. The van der Waals surface area contributed by atoms with Crippen LogP contribution in [-0.4, -0.2) is 9.97 Å². The first-order valence-electron chi connectivity index (χ1n) is 4.64. The fraction of sp³-hybridized carbons (Fsp3) is 0. The predicted molar refractivity (Wildman–Crippen MR) is 66.5 cm³/mol. The quantitative estimate of drug-likeness (QED) is 0.903. The molecule has 0 aliphatic carbocycles. The molecule has 0 saturated heterocycles. The fourth-order valence-electron chi connectivity index (χ4n) is 1.22. The molecule has 0 aliphatic rings. The molecule has 2 aromatic rings. The van der Waals surface area contributed by atoms with E-state index >= 15 is 0 Å². The summed E-state index contributed by atoms with van der Waals surface area (Å²) in [4.78, 5) is 7.90. The Bertz CT molecular complexity index is 592. The van der Waals surface area contributed by atoms with Gasteiger partial charge in [-0.05, 0) is 18.2 Å². The zero-order chi connectivity index (χ0) is 12.3. The molecule has 2 rings (SSSR count). The van der Waals surface area contributed by atoms with Crippen molar-refractivity contribution in [1.82, 2.24) is 9.97 Å². The molecule has 4 nitrogen and oxygen atoms in total. The first-order chi connectivity index (χ1) is 8.20. The Morgan fingerprint density at radius 3 is 2.65 bits per heavy atom. The van der Waals surface area contributed by atoms with Gasteiger partial charge in [-0.2, -0.15) is 5.26 Å². The van der Waals surface area contributed by atoms with Gasteiger partial charge in [-0.3, -0.25) is 0 Å². The molecule has 0 amide bonds. The Kier molecular flexibility index (Phi) is 3.43. The molecule has 1 heterocycles. The van der Waals surface area contributed by atoms with Gasteiger partial charge in [0.05, 0.1) is 22.3 Å². The average molecular weight is 265 g/mol. The van der Waals surface area contributed by atoms with Crippen molar-refractivity contribution in [1.29, 1.82) is 5.26 Å². The molecule has 1 aromatic carbocycles. The molecule has 0 aliphatic heterocycles. The summed E-state index contributed by atoms with van der Waals surface area (Å²) < 4.78 is 0. The molecule has 0 radical (unpaired) electrons. The smallest absolute Gasteiger partial charge is 0.171 e. The molecule has 0 bridgehead atoms. The van der Waals surface area contributed by atoms with Gasteiger partial charge >= 0.3 is 0 Å². The van der Waals surface area contributed by atoms with Crippen molar-refractivity contribution < 1.29 is 0 Å². The maximum absolute atomic E-state index is 8.80. The molecule has 1 N–H and O–H groups in total. The van der Waals surface area contributed by atoms with Crippen LogP contribution in [0.3, 0.4) is 0 Å². The minimum absolute atomic E-state index is 0.242. The highest BCUT2D eigenvalue weighted by Gasteiger charge is 2.06. The number of halogens is 2. The van der Waals surface area contributed by atoms with E-state index < -0.39 is 0 Å². The topological polar surface area (TPSA) is 61.6 Å². The minimum atomic E-state index is 0.242. The summed E-state index contributed by atoms with van der Waals surface area (Å²) in [6.07, 6.45) is 3.00. The maximum atomic E-state index is 8.80. The van der Waals surface area contributed by atoms with Crippen LogP contribution in [0, 0.1) is 11.3 Å². The van der Waals surface area contributed by atoms with Gasteiger partial charge < -0.3 is 5.32 Å². The van der Waals surface area contributed by atoms with Gasteiger partial charge in [0, 0.05) is 12.4 Å². The molecule has 1 aromatic heterocycles. The summed E-state index contributed by atoms with van der Waals surface area (Å²) in [6, 6.07) is 6.91. The third kappa shape index (κ3) is 2.64. The molecule has 84 valence electrons. The molecular weight excluding hydrogens is 259 g/mol. The van der Waals surface area contributed by atoms with Crippen molar-refractivity contribution in [3.05, 3.63) is 46.3 Å². The summed E-state index contributed by atoms with van der Waals surface area (Å²) in [7, 11) is 0. The lowest BCUT2D eigenvalue weighted by atomic mass is 10.2. The van der Waals surface area contributed by atoms with Crippen LogP contribution in [0.1, 0.15) is 5.56 Å². The third-order valence-corrected chi connectivity index (χ3v) is 2.61. The second kappa shape index (κ2) is 5.00. The standard InChI is InChI=1S/C11H6Cl2N4/c12-8-2-1-7(6-14)5-9(8)17-11-10(13)15-3-4-16-11/h1-5H,(H,16,17). The van der Waals surface area contributed by atoms with Crippen LogP contribution in [0.4, 0.5) is 11.5 Å². The first-order valence-corrected chi connectivity index (χ1v) is 5.39. The summed E-state index contributed by atoms with van der Waals surface area (Å²) in [5.74, 6) is 0.395. The Labute approximate surface area is 108 Å². The largest absolute Gasteiger partial charge is 0.336 e. The lowest BCUT2D eigenvalue weighted by Gasteiger charge is -2.08. The zero-order valence-electron chi connectivity index (χ0n) is 8.48. The van der Waals surface area contributed by atoms with Gasteiger partial charge in [-0.25, -0.2) is 9.97 Å². The molecule has 0 fully saturated rings. The number of nitriles is 1. The van der Waals surface area contributed by atoms with Gasteiger partial charge in [0.2, 0.25) is 0 Å². The predicted octanol–water partition coefficient (Wildman–Crippen LogP) is 3.40. The van der Waals surface area contributed by atoms with Crippen LogP contribution in [0.25, 0.3) is 0 Å². The van der Waals surface area contributed by atoms with Gasteiger partial charge in [-0.15, -0.1) is 0 Å². The number of nitrogens with zero attached hydrogens (tertiary/aromatic N) is 3. The molecule has 17 heavy (non-hydrogen) atoms. The van der Waals surface area contributed by atoms with Crippen LogP contribution in [0.2, 0.25) is 10.2 Å². The second-order valence-electron chi connectivity index (χ2n) is 3.13. The van der Waals surface area contributed by atoms with Crippen molar-refractivity contribution in [2.45, 2.75) is 0 Å². The fourth-order valence-corrected chi connectivity index (χ4v) is 1.54. The van der Waals surface area contributed by atoms with E-state index in [-0.39, 0.29) is 5.15 Å². The van der Waals surface area contributed by atoms with Crippen molar-refractivity contribution >= 4 is 34.7 Å². The van der Waals surface area contributed by atoms with Gasteiger partial charge in [0.1, 0.15) is 0 Å². The number of hydrogen-bond donors (Lipinski definition) is 1. The van der Waals surface area contributed by atoms with Crippen LogP contribution in [0.5, 0.6) is 0 Å².